The van der Waals surface area contributed by atoms with Crippen molar-refractivity contribution in [1.82, 2.24) is 0 Å². The molecule has 1 unspecified atom stereocenters. The van der Waals surface area contributed by atoms with E-state index in [1.54, 1.807) is 0 Å². The Hall–Kier alpha value is -3.82. The fraction of sp³-hybridized carbons (Fsp3) is 0.533. The first-order valence-electron chi connectivity index (χ1n) is 14.8. The first-order valence-corrected chi connectivity index (χ1v) is 14.8. The molecule has 0 bridgehead atoms. The van der Waals surface area contributed by atoms with Gasteiger partial charge in [0, 0.05) is 18.1 Å². The van der Waals surface area contributed by atoms with Gasteiger partial charge < -0.3 is 84.3 Å². The summed E-state index contributed by atoms with van der Waals surface area (Å²) in [4.78, 5) is 22.4. The number of carboxylic acids is 1. The molecule has 48 heavy (non-hydrogen) atoms. The van der Waals surface area contributed by atoms with E-state index in [4.69, 9.17) is 23.7 Å². The molecule has 18 heteroatoms. The minimum Gasteiger partial charge on any atom is -0.575 e. The quantitative estimate of drug-likeness (QED) is 0.0649. The van der Waals surface area contributed by atoms with Crippen LogP contribution in [0.2, 0.25) is 0 Å². The van der Waals surface area contributed by atoms with Crippen LogP contribution < -0.4 is 9.84 Å². The van der Waals surface area contributed by atoms with E-state index >= 15 is 0 Å². The molecule has 3 heterocycles. The second kappa shape index (κ2) is 14.7. The second-order valence-corrected chi connectivity index (χ2v) is 11.5. The lowest BCUT2D eigenvalue weighted by Gasteiger charge is -2.42. The molecular weight excluding hydrogens is 648 g/mol. The summed E-state index contributed by atoms with van der Waals surface area (Å²) in [5.41, 5.74) is 0.755. The van der Waals surface area contributed by atoms with E-state index in [1.165, 1.54) is 30.3 Å². The first kappa shape index (κ1) is 35.5. The predicted molar refractivity (Wildman–Crippen MR) is 151 cm³/mol. The van der Waals surface area contributed by atoms with E-state index in [-0.39, 0.29) is 35.0 Å². The van der Waals surface area contributed by atoms with Crippen LogP contribution in [0.15, 0.2) is 36.4 Å². The van der Waals surface area contributed by atoms with Gasteiger partial charge in [0.1, 0.15) is 72.7 Å². The number of carboxylic acid groups (broad SMARTS) is 1. The highest BCUT2D eigenvalue weighted by Gasteiger charge is 2.49. The number of aliphatic carboxylic acids is 1. The number of aromatic hydroxyl groups is 3. The van der Waals surface area contributed by atoms with Crippen LogP contribution in [0.5, 0.6) is 23.0 Å². The number of esters is 1. The summed E-state index contributed by atoms with van der Waals surface area (Å²) in [6.45, 7) is -1.43. The minimum absolute atomic E-state index is 0.0560. The van der Waals surface area contributed by atoms with Gasteiger partial charge in [0.15, 0.2) is 12.4 Å². The number of phenolic OH excluding ortho intramolecular Hbond substituents is 2. The highest BCUT2D eigenvalue weighted by atomic mass is 16.7. The molecule has 2 saturated heterocycles. The molecular formula is C30H36O18. The number of aliphatic hydroxyl groups excluding tert-OH is 7. The van der Waals surface area contributed by atoms with Gasteiger partial charge in [0.25, 0.3) is 5.75 Å². The number of hydrogen-bond acceptors (Lipinski definition) is 17. The van der Waals surface area contributed by atoms with Crippen LogP contribution in [0, 0.1) is 0 Å². The third-order valence-corrected chi connectivity index (χ3v) is 8.21. The number of ether oxygens (including phenoxy) is 6. The van der Waals surface area contributed by atoms with Crippen molar-refractivity contribution in [1.29, 1.82) is 0 Å². The average molecular weight is 685 g/mol. The maximum atomic E-state index is 11.7. The van der Waals surface area contributed by atoms with Crippen molar-refractivity contribution in [2.24, 2.45) is 0 Å². The van der Waals surface area contributed by atoms with Crippen LogP contribution in [0.4, 0.5) is 0 Å². The largest absolute Gasteiger partial charge is 0.575 e. The number of hydrogen-bond donors (Lipinski definition) is 9. The molecule has 3 aliphatic heterocycles. The van der Waals surface area contributed by atoms with Crippen molar-refractivity contribution in [3.63, 3.8) is 0 Å². The standard InChI is InChI=1S/C30H36O18/c31-9-18-22(37)24(39)26(41)29(47-18)45-16-6-13(33)5-15-14(16)7-17(28(44-15)11-1-3-12(32)4-2-11)46-30-27(42)25(40)23(38)19(48-30)10-43-21(36)8-20(34)35/h1-6,17-19,22-33,37-42H,7-10H2,(H,34,35)/t17-,18+,19+,22+,23+,24-,25-,26+,27+,28?,29+,30-/m0/s1. The molecule has 10 N–H and O–H groups in total. The van der Waals surface area contributed by atoms with Crippen molar-refractivity contribution >= 4 is 11.9 Å². The van der Waals surface area contributed by atoms with Gasteiger partial charge in [-0.25, -0.2) is 0 Å². The molecule has 5 rings (SSSR count). The Balaban J connectivity index is 1.43. The maximum absolute atomic E-state index is 11.7. The molecule has 0 radical (unpaired) electrons. The molecule has 0 spiro atoms. The maximum Gasteiger partial charge on any atom is 0.311 e. The molecule has 0 amide bonds. The third-order valence-electron chi connectivity index (χ3n) is 8.21. The molecule has 0 aromatic heterocycles. The Morgan fingerprint density at radius 2 is 1.46 bits per heavy atom. The highest BCUT2D eigenvalue weighted by molar-refractivity contribution is 5.89. The second-order valence-electron chi connectivity index (χ2n) is 11.5. The zero-order valence-electron chi connectivity index (χ0n) is 25.0. The molecule has 0 aliphatic carbocycles. The summed E-state index contributed by atoms with van der Waals surface area (Å²) in [6, 6.07) is 8.32. The summed E-state index contributed by atoms with van der Waals surface area (Å²) < 4.78 is 32.6. The molecule has 264 valence electrons. The van der Waals surface area contributed by atoms with Gasteiger partial charge in [-0.1, -0.05) is 0 Å². The van der Waals surface area contributed by atoms with Crippen molar-refractivity contribution in [3.05, 3.63) is 47.5 Å². The van der Waals surface area contributed by atoms with Crippen molar-refractivity contribution in [2.75, 3.05) is 13.2 Å². The first-order chi connectivity index (χ1) is 22.8. The number of fused-ring (bicyclic) bond motifs is 1. The topological polar surface area (TPSA) is 298 Å². The van der Waals surface area contributed by atoms with Gasteiger partial charge in [0.2, 0.25) is 12.4 Å². The normalized spacial score (nSPS) is 34.8. The van der Waals surface area contributed by atoms with Crippen LogP contribution >= 0.6 is 0 Å². The Morgan fingerprint density at radius 1 is 0.833 bits per heavy atom. The van der Waals surface area contributed by atoms with E-state index in [0.717, 1.165) is 6.07 Å². The van der Waals surface area contributed by atoms with Crippen molar-refractivity contribution in [2.45, 2.75) is 86.5 Å². The van der Waals surface area contributed by atoms with Crippen LogP contribution in [0.1, 0.15) is 23.7 Å². The van der Waals surface area contributed by atoms with Crippen LogP contribution in [0.3, 0.4) is 0 Å². The average Bonchev–Trinajstić information content (AvgIpc) is 3.04. The molecule has 2 aromatic rings. The Labute approximate surface area is 271 Å². The number of rotatable bonds is 10. The molecule has 18 nitrogen and oxygen atoms in total. The summed E-state index contributed by atoms with van der Waals surface area (Å²) in [5, 5.41) is 103. The van der Waals surface area contributed by atoms with Gasteiger partial charge in [-0.15, -0.1) is 0 Å². The van der Waals surface area contributed by atoms with E-state index in [1.807, 2.05) is 0 Å². The minimum atomic E-state index is -1.87. The van der Waals surface area contributed by atoms with E-state index in [0.29, 0.717) is 5.56 Å². The van der Waals surface area contributed by atoms with Gasteiger partial charge in [-0.2, -0.15) is 0 Å². The van der Waals surface area contributed by atoms with Gasteiger partial charge in [0.05, 0.1) is 30.6 Å². The van der Waals surface area contributed by atoms with E-state index < -0.39 is 105 Å². The number of benzene rings is 2. The SMILES string of the molecule is O=C([O-])CC(=O)OC[C@H]1O[C@H](O[C@H]2Cc3c(O[C@@H]4O[C@H](CO)[C@@H](O)[C@H](O)[C@H]4O)cc(O)cc3[OH+]C2c2ccc(O)cc2)[C@H](O)[C@@H](O)[C@@H]1O. The third kappa shape index (κ3) is 7.57. The molecule has 12 atom stereocenters. The van der Waals surface area contributed by atoms with Crippen LogP contribution in [-0.2, 0) is 35.0 Å². The lowest BCUT2D eigenvalue weighted by atomic mass is 9.93. The monoisotopic (exact) mass is 684 g/mol. The lowest BCUT2D eigenvalue weighted by molar-refractivity contribution is -0.323. The van der Waals surface area contributed by atoms with Crippen molar-refractivity contribution in [3.8, 4) is 23.0 Å². The fourth-order valence-electron chi connectivity index (χ4n) is 5.64. The van der Waals surface area contributed by atoms with Crippen LogP contribution in [-0.4, -0.2) is 143 Å². The van der Waals surface area contributed by atoms with Gasteiger partial charge in [-0.3, -0.25) is 4.79 Å². The summed E-state index contributed by atoms with van der Waals surface area (Å²) in [6.07, 6.45) is -19.9. The zero-order chi connectivity index (χ0) is 34.9. The molecule has 0 saturated carbocycles. The number of phenols is 2. The number of aliphatic hydroxyl groups is 8. The Kier molecular flexibility index (Phi) is 10.9. The summed E-state index contributed by atoms with van der Waals surface area (Å²) in [7, 11) is 0. The van der Waals surface area contributed by atoms with Gasteiger partial charge >= 0.3 is 5.97 Å². The van der Waals surface area contributed by atoms with Gasteiger partial charge in [-0.05, 0) is 24.3 Å². The Bertz CT molecular complexity index is 1430. The number of carbonyl (C=O) groups excluding carboxylic acids is 2. The van der Waals surface area contributed by atoms with E-state index in [2.05, 4.69) is 4.74 Å². The molecule has 2 fully saturated rings. The van der Waals surface area contributed by atoms with Crippen molar-refractivity contribution < 1.29 is 89.1 Å². The molecule has 2 aromatic carbocycles. The summed E-state index contributed by atoms with van der Waals surface area (Å²) in [5.74, 6) is -3.19. The zero-order valence-corrected chi connectivity index (χ0v) is 25.0. The lowest BCUT2D eigenvalue weighted by Crippen LogP contribution is -2.60. The fourth-order valence-corrected chi connectivity index (χ4v) is 5.64. The Morgan fingerprint density at radius 3 is 2.10 bits per heavy atom. The predicted octanol–water partition coefficient (Wildman–Crippen LogP) is -4.31. The number of carbonyl (C=O) groups is 2. The van der Waals surface area contributed by atoms with E-state index in [9.17, 15) is 60.7 Å². The smallest absolute Gasteiger partial charge is 0.311 e. The summed E-state index contributed by atoms with van der Waals surface area (Å²) >= 11 is 0. The highest BCUT2D eigenvalue weighted by Crippen LogP contribution is 2.46. The van der Waals surface area contributed by atoms with Crippen LogP contribution in [0.25, 0.3) is 0 Å². The molecule has 3 aliphatic rings.